The van der Waals surface area contributed by atoms with Crippen LogP contribution in [0.25, 0.3) is 0 Å². The van der Waals surface area contributed by atoms with Crippen LogP contribution in [0.4, 0.5) is 5.69 Å². The van der Waals surface area contributed by atoms with Gasteiger partial charge in [0.25, 0.3) is 0 Å². The minimum Gasteiger partial charge on any atom is -0.481 e. The fourth-order valence-electron chi connectivity index (χ4n) is 1.08. The first kappa shape index (κ1) is 14.0. The van der Waals surface area contributed by atoms with Gasteiger partial charge in [-0.15, -0.1) is 11.8 Å². The second-order valence-corrected chi connectivity index (χ2v) is 5.00. The van der Waals surface area contributed by atoms with Crippen molar-refractivity contribution in [1.29, 1.82) is 0 Å². The van der Waals surface area contributed by atoms with Crippen molar-refractivity contribution in [2.45, 2.75) is 6.92 Å². The zero-order chi connectivity index (χ0) is 12.8. The summed E-state index contributed by atoms with van der Waals surface area (Å²) in [7, 11) is 0. The number of hydrogen-bond donors (Lipinski definition) is 2. The van der Waals surface area contributed by atoms with E-state index in [1.807, 2.05) is 0 Å². The number of halogens is 1. The molecular weight excluding hydrogens is 308 g/mol. The summed E-state index contributed by atoms with van der Waals surface area (Å²) in [4.78, 5) is 25.9. The average molecular weight is 319 g/mol. The molecule has 1 heterocycles. The summed E-state index contributed by atoms with van der Waals surface area (Å²) < 4.78 is 0.702. The summed E-state index contributed by atoms with van der Waals surface area (Å²) in [5.41, 5.74) is 1.34. The van der Waals surface area contributed by atoms with Crippen molar-refractivity contribution in [3.63, 3.8) is 0 Å². The first-order valence-electron chi connectivity index (χ1n) is 4.71. The maximum Gasteiger partial charge on any atom is 0.313 e. The van der Waals surface area contributed by atoms with Crippen molar-refractivity contribution in [2.24, 2.45) is 0 Å². The molecule has 0 spiro atoms. The van der Waals surface area contributed by atoms with Crippen molar-refractivity contribution < 1.29 is 14.7 Å². The molecule has 0 fully saturated rings. The lowest BCUT2D eigenvalue weighted by Gasteiger charge is -2.07. The molecule has 0 saturated carbocycles. The fraction of sp³-hybridized carbons (Fsp3) is 0.300. The summed E-state index contributed by atoms with van der Waals surface area (Å²) >= 11 is 4.28. The number of carboxylic acids is 1. The van der Waals surface area contributed by atoms with Crippen LogP contribution in [0.1, 0.15) is 5.69 Å². The van der Waals surface area contributed by atoms with Crippen molar-refractivity contribution in [3.05, 3.63) is 22.4 Å². The average Bonchev–Trinajstić information content (AvgIpc) is 2.21. The SMILES string of the molecule is Cc1nc(Br)ccc1NC(=O)CSCC(=O)O. The van der Waals surface area contributed by atoms with Crippen LogP contribution in [-0.2, 0) is 9.59 Å². The molecule has 0 radical (unpaired) electrons. The van der Waals surface area contributed by atoms with Gasteiger partial charge < -0.3 is 10.4 Å². The van der Waals surface area contributed by atoms with Crippen LogP contribution < -0.4 is 5.32 Å². The number of nitrogens with one attached hydrogen (secondary N) is 1. The molecule has 0 atom stereocenters. The highest BCUT2D eigenvalue weighted by Crippen LogP contribution is 2.16. The minimum absolute atomic E-state index is 0.0784. The molecule has 0 aromatic carbocycles. The van der Waals surface area contributed by atoms with Crippen LogP contribution in [0.3, 0.4) is 0 Å². The zero-order valence-electron chi connectivity index (χ0n) is 9.07. The lowest BCUT2D eigenvalue weighted by Crippen LogP contribution is -2.16. The first-order chi connectivity index (χ1) is 7.99. The van der Waals surface area contributed by atoms with E-state index in [4.69, 9.17) is 5.11 Å². The molecule has 17 heavy (non-hydrogen) atoms. The van der Waals surface area contributed by atoms with Gasteiger partial charge in [0.05, 0.1) is 22.9 Å². The number of hydrogen-bond acceptors (Lipinski definition) is 4. The fourth-order valence-corrected chi connectivity index (χ4v) is 2.01. The lowest BCUT2D eigenvalue weighted by molar-refractivity contribution is -0.133. The van der Waals surface area contributed by atoms with E-state index in [2.05, 4.69) is 26.2 Å². The van der Waals surface area contributed by atoms with Gasteiger partial charge in [-0.2, -0.15) is 0 Å². The number of pyridine rings is 1. The van der Waals surface area contributed by atoms with E-state index in [0.717, 1.165) is 11.8 Å². The third-order valence-electron chi connectivity index (χ3n) is 1.78. The quantitative estimate of drug-likeness (QED) is 0.811. The molecule has 2 N–H and O–H groups in total. The predicted octanol–water partition coefficient (Wildman–Crippen LogP) is 1.91. The Hall–Kier alpha value is -1.08. The highest BCUT2D eigenvalue weighted by atomic mass is 79.9. The third-order valence-corrected chi connectivity index (χ3v) is 3.14. The van der Waals surface area contributed by atoms with Gasteiger partial charge in [0.2, 0.25) is 5.91 Å². The number of rotatable bonds is 5. The summed E-state index contributed by atoms with van der Waals surface area (Å²) in [5.74, 6) is -1.12. The summed E-state index contributed by atoms with van der Waals surface area (Å²) in [6.45, 7) is 1.78. The number of carboxylic acid groups (broad SMARTS) is 1. The topological polar surface area (TPSA) is 79.3 Å². The largest absolute Gasteiger partial charge is 0.481 e. The summed E-state index contributed by atoms with van der Waals surface area (Å²) in [6, 6.07) is 3.47. The molecule has 5 nitrogen and oxygen atoms in total. The maximum atomic E-state index is 11.5. The normalized spacial score (nSPS) is 10.0. The van der Waals surface area contributed by atoms with Gasteiger partial charge in [0.15, 0.2) is 0 Å². The van der Waals surface area contributed by atoms with Crippen LogP contribution in [0, 0.1) is 6.92 Å². The standard InChI is InChI=1S/C10H11BrN2O3S/c1-6-7(2-3-8(11)12-6)13-9(14)4-17-5-10(15)16/h2-3H,4-5H2,1H3,(H,13,14)(H,15,16). The number of carbonyl (C=O) groups excluding carboxylic acids is 1. The lowest BCUT2D eigenvalue weighted by atomic mass is 10.3. The van der Waals surface area contributed by atoms with Gasteiger partial charge in [-0.25, -0.2) is 4.98 Å². The number of anilines is 1. The van der Waals surface area contributed by atoms with Crippen LogP contribution in [-0.4, -0.2) is 33.5 Å². The Morgan fingerprint density at radius 1 is 1.47 bits per heavy atom. The number of aliphatic carboxylic acids is 1. The van der Waals surface area contributed by atoms with Crippen LogP contribution >= 0.6 is 27.7 Å². The molecule has 1 rings (SSSR count). The summed E-state index contributed by atoms with van der Waals surface area (Å²) in [5, 5.41) is 11.1. The predicted molar refractivity (Wildman–Crippen MR) is 70.3 cm³/mol. The highest BCUT2D eigenvalue weighted by molar-refractivity contribution is 9.10. The van der Waals surface area contributed by atoms with Crippen LogP contribution in [0.5, 0.6) is 0 Å². The number of nitrogens with zero attached hydrogens (tertiary/aromatic N) is 1. The van der Waals surface area contributed by atoms with Gasteiger partial charge in [-0.3, -0.25) is 9.59 Å². The van der Waals surface area contributed by atoms with E-state index in [-0.39, 0.29) is 17.4 Å². The second-order valence-electron chi connectivity index (χ2n) is 3.20. The van der Waals surface area contributed by atoms with Crippen molar-refractivity contribution in [3.8, 4) is 0 Å². The molecule has 1 amide bonds. The molecule has 1 aromatic rings. The molecule has 0 bridgehead atoms. The van der Waals surface area contributed by atoms with E-state index >= 15 is 0 Å². The molecule has 0 aliphatic rings. The highest BCUT2D eigenvalue weighted by Gasteiger charge is 2.07. The van der Waals surface area contributed by atoms with E-state index in [1.165, 1.54) is 0 Å². The third kappa shape index (κ3) is 5.18. The van der Waals surface area contributed by atoms with Crippen LogP contribution in [0.15, 0.2) is 16.7 Å². The molecule has 7 heteroatoms. The first-order valence-corrected chi connectivity index (χ1v) is 6.66. The molecule has 0 saturated heterocycles. The molecule has 1 aromatic heterocycles. The zero-order valence-corrected chi connectivity index (χ0v) is 11.5. The number of aromatic nitrogens is 1. The van der Waals surface area contributed by atoms with Gasteiger partial charge in [0, 0.05) is 0 Å². The maximum absolute atomic E-state index is 11.5. The van der Waals surface area contributed by atoms with E-state index < -0.39 is 5.97 Å². The Labute approximate surface area is 111 Å². The van der Waals surface area contributed by atoms with Gasteiger partial charge in [-0.1, -0.05) is 0 Å². The number of carbonyl (C=O) groups is 2. The van der Waals surface area contributed by atoms with Crippen molar-refractivity contribution in [1.82, 2.24) is 4.98 Å². The van der Waals surface area contributed by atoms with E-state index in [1.54, 1.807) is 19.1 Å². The molecular formula is C10H11BrN2O3S. The molecule has 0 aliphatic carbocycles. The van der Waals surface area contributed by atoms with Gasteiger partial charge in [-0.05, 0) is 35.0 Å². The Bertz CT molecular complexity index is 440. The Kier molecular flexibility index (Phi) is 5.43. The Morgan fingerprint density at radius 2 is 2.18 bits per heavy atom. The monoisotopic (exact) mass is 318 g/mol. The minimum atomic E-state index is -0.927. The smallest absolute Gasteiger partial charge is 0.313 e. The molecule has 92 valence electrons. The molecule has 0 unspecified atom stereocenters. The Morgan fingerprint density at radius 3 is 2.76 bits per heavy atom. The van der Waals surface area contributed by atoms with Gasteiger partial charge in [0.1, 0.15) is 4.60 Å². The van der Waals surface area contributed by atoms with E-state index in [0.29, 0.717) is 16.0 Å². The number of amides is 1. The summed E-state index contributed by atoms with van der Waals surface area (Å²) in [6.07, 6.45) is 0. The second kappa shape index (κ2) is 6.61. The van der Waals surface area contributed by atoms with E-state index in [9.17, 15) is 9.59 Å². The van der Waals surface area contributed by atoms with Crippen molar-refractivity contribution >= 4 is 45.3 Å². The Balaban J connectivity index is 2.48. The number of aryl methyl sites for hydroxylation is 1. The van der Waals surface area contributed by atoms with Gasteiger partial charge >= 0.3 is 5.97 Å². The molecule has 0 aliphatic heterocycles. The van der Waals surface area contributed by atoms with Crippen LogP contribution in [0.2, 0.25) is 0 Å². The van der Waals surface area contributed by atoms with Crippen molar-refractivity contribution in [2.75, 3.05) is 16.8 Å². The number of thioether (sulfide) groups is 1.